The second-order valence-electron chi connectivity index (χ2n) is 6.74. The molecule has 0 aliphatic carbocycles. The van der Waals surface area contributed by atoms with Gasteiger partial charge < -0.3 is 20.4 Å². The fourth-order valence-electron chi connectivity index (χ4n) is 3.03. The Labute approximate surface area is 163 Å². The molecule has 0 unspecified atom stereocenters. The summed E-state index contributed by atoms with van der Waals surface area (Å²) in [4.78, 5) is 32.6. The molecule has 144 valence electrons. The number of anilines is 3. The molecule has 0 spiro atoms. The van der Waals surface area contributed by atoms with E-state index in [1.54, 1.807) is 17.4 Å². The van der Waals surface area contributed by atoms with Gasteiger partial charge in [0.1, 0.15) is 0 Å². The van der Waals surface area contributed by atoms with Crippen molar-refractivity contribution in [3.8, 4) is 0 Å². The molecule has 3 amide bonds. The van der Waals surface area contributed by atoms with E-state index >= 15 is 0 Å². The van der Waals surface area contributed by atoms with Gasteiger partial charge in [0.2, 0.25) is 5.91 Å². The van der Waals surface area contributed by atoms with E-state index < -0.39 is 0 Å². The van der Waals surface area contributed by atoms with Crippen molar-refractivity contribution in [3.63, 3.8) is 0 Å². The van der Waals surface area contributed by atoms with Crippen molar-refractivity contribution in [2.45, 2.75) is 27.2 Å². The number of carbonyl (C=O) groups is 2. The van der Waals surface area contributed by atoms with E-state index in [0.717, 1.165) is 35.9 Å². The summed E-state index contributed by atoms with van der Waals surface area (Å²) in [6.45, 7) is 8.40. The molecule has 1 aromatic carbocycles. The first-order valence-electron chi connectivity index (χ1n) is 9.03. The molecule has 1 saturated heterocycles. The van der Waals surface area contributed by atoms with Gasteiger partial charge in [0.05, 0.1) is 5.69 Å². The summed E-state index contributed by atoms with van der Waals surface area (Å²) in [6.07, 6.45) is 0.900. The molecular weight excluding hydrogens is 362 g/mol. The van der Waals surface area contributed by atoms with Gasteiger partial charge in [0.15, 0.2) is 5.13 Å². The Morgan fingerprint density at radius 2 is 1.93 bits per heavy atom. The van der Waals surface area contributed by atoms with Crippen LogP contribution in [-0.4, -0.2) is 48.0 Å². The van der Waals surface area contributed by atoms with Gasteiger partial charge in [0, 0.05) is 49.9 Å². The maximum absolute atomic E-state index is 12.7. The average molecular weight is 388 g/mol. The lowest BCUT2D eigenvalue weighted by atomic mass is 10.2. The Bertz CT molecular complexity index is 835. The van der Waals surface area contributed by atoms with Gasteiger partial charge in [-0.1, -0.05) is 6.07 Å². The molecule has 27 heavy (non-hydrogen) atoms. The quantitative estimate of drug-likeness (QED) is 0.845. The minimum absolute atomic E-state index is 0.121. The zero-order valence-electron chi connectivity index (χ0n) is 15.9. The first-order valence-corrected chi connectivity index (χ1v) is 9.91. The molecule has 1 aliphatic heterocycles. The van der Waals surface area contributed by atoms with Crippen LogP contribution < -0.4 is 15.5 Å². The topological polar surface area (TPSA) is 77.6 Å². The number of aromatic nitrogens is 1. The number of hydrogen-bond donors (Lipinski definition) is 2. The maximum Gasteiger partial charge on any atom is 0.321 e. The van der Waals surface area contributed by atoms with E-state index in [4.69, 9.17) is 0 Å². The molecule has 2 N–H and O–H groups in total. The van der Waals surface area contributed by atoms with E-state index in [-0.39, 0.29) is 11.9 Å². The van der Waals surface area contributed by atoms with Crippen LogP contribution in [0.2, 0.25) is 0 Å². The summed E-state index contributed by atoms with van der Waals surface area (Å²) in [6, 6.07) is 5.40. The van der Waals surface area contributed by atoms with E-state index in [2.05, 4.69) is 25.9 Å². The van der Waals surface area contributed by atoms with Crippen LogP contribution in [0.5, 0.6) is 0 Å². The van der Waals surface area contributed by atoms with Crippen molar-refractivity contribution < 1.29 is 9.59 Å². The van der Waals surface area contributed by atoms with Crippen LogP contribution in [0.3, 0.4) is 0 Å². The lowest BCUT2D eigenvalue weighted by Crippen LogP contribution is -2.38. The monoisotopic (exact) mass is 387 g/mol. The predicted octanol–water partition coefficient (Wildman–Crippen LogP) is 3.46. The van der Waals surface area contributed by atoms with Gasteiger partial charge in [-0.25, -0.2) is 9.78 Å². The second-order valence-corrected chi connectivity index (χ2v) is 7.58. The molecule has 0 saturated carbocycles. The van der Waals surface area contributed by atoms with Gasteiger partial charge in [-0.05, 0) is 38.0 Å². The number of benzene rings is 1. The molecule has 1 fully saturated rings. The summed E-state index contributed by atoms with van der Waals surface area (Å²) in [7, 11) is 0. The molecule has 2 aromatic rings. The van der Waals surface area contributed by atoms with Crippen LogP contribution in [0.15, 0.2) is 23.6 Å². The van der Waals surface area contributed by atoms with E-state index in [9.17, 15) is 9.59 Å². The Balaban J connectivity index is 1.62. The highest BCUT2D eigenvalue weighted by Crippen LogP contribution is 2.23. The maximum atomic E-state index is 12.7. The summed E-state index contributed by atoms with van der Waals surface area (Å²) < 4.78 is 0. The zero-order valence-corrected chi connectivity index (χ0v) is 16.7. The number of nitrogens with zero attached hydrogens (tertiary/aromatic N) is 3. The standard InChI is InChI=1S/C19H25N5O2S/c1-13-5-6-16(11-17(13)21-15(3)25)22-18(26)23-7-4-8-24(10-9-23)19-20-14(2)12-27-19/h5-6,11-12H,4,7-10H2,1-3H3,(H,21,25)(H,22,26). The molecular formula is C19H25N5O2S. The van der Waals surface area contributed by atoms with E-state index in [0.29, 0.717) is 24.5 Å². The third kappa shape index (κ3) is 4.97. The first kappa shape index (κ1) is 19.2. The third-order valence-corrected chi connectivity index (χ3v) is 5.48. The van der Waals surface area contributed by atoms with Gasteiger partial charge in [0.25, 0.3) is 0 Å². The highest BCUT2D eigenvalue weighted by Gasteiger charge is 2.21. The largest absolute Gasteiger partial charge is 0.346 e. The molecule has 3 rings (SSSR count). The SMILES string of the molecule is CC(=O)Nc1cc(NC(=O)N2CCCN(c3nc(C)cs3)CC2)ccc1C. The minimum atomic E-state index is -0.133. The fraction of sp³-hybridized carbons (Fsp3) is 0.421. The van der Waals surface area contributed by atoms with Crippen LogP contribution in [0.4, 0.5) is 21.3 Å². The summed E-state index contributed by atoms with van der Waals surface area (Å²) in [5.74, 6) is -0.133. The number of amides is 3. The fourth-order valence-corrected chi connectivity index (χ4v) is 3.88. The number of urea groups is 1. The van der Waals surface area contributed by atoms with Gasteiger partial charge in [-0.15, -0.1) is 11.3 Å². The molecule has 0 radical (unpaired) electrons. The van der Waals surface area contributed by atoms with E-state index in [1.165, 1.54) is 6.92 Å². The van der Waals surface area contributed by atoms with Crippen molar-refractivity contribution >= 4 is 39.8 Å². The summed E-state index contributed by atoms with van der Waals surface area (Å²) >= 11 is 1.65. The van der Waals surface area contributed by atoms with Crippen LogP contribution in [0.1, 0.15) is 24.6 Å². The molecule has 2 heterocycles. The van der Waals surface area contributed by atoms with Crippen molar-refractivity contribution in [2.24, 2.45) is 0 Å². The van der Waals surface area contributed by atoms with Crippen molar-refractivity contribution in [3.05, 3.63) is 34.8 Å². The normalized spacial score (nSPS) is 14.6. The number of thiazole rings is 1. The van der Waals surface area contributed by atoms with Gasteiger partial charge in [-0.3, -0.25) is 4.79 Å². The lowest BCUT2D eigenvalue weighted by molar-refractivity contribution is -0.114. The third-order valence-electron chi connectivity index (χ3n) is 4.46. The molecule has 7 nitrogen and oxygen atoms in total. The number of aryl methyl sites for hydroxylation is 2. The number of nitrogens with one attached hydrogen (secondary N) is 2. The first-order chi connectivity index (χ1) is 12.9. The molecule has 0 bridgehead atoms. The van der Waals surface area contributed by atoms with Crippen LogP contribution in [-0.2, 0) is 4.79 Å². The Kier molecular flexibility index (Phi) is 5.95. The Morgan fingerprint density at radius 1 is 1.11 bits per heavy atom. The summed E-state index contributed by atoms with van der Waals surface area (Å²) in [5, 5.41) is 8.80. The second kappa shape index (κ2) is 8.39. The molecule has 8 heteroatoms. The lowest BCUT2D eigenvalue weighted by Gasteiger charge is -2.22. The Morgan fingerprint density at radius 3 is 2.63 bits per heavy atom. The van der Waals surface area contributed by atoms with Crippen LogP contribution in [0, 0.1) is 13.8 Å². The average Bonchev–Trinajstić information content (AvgIpc) is 2.90. The number of rotatable bonds is 3. The van der Waals surface area contributed by atoms with E-state index in [1.807, 2.05) is 30.9 Å². The van der Waals surface area contributed by atoms with Gasteiger partial charge in [-0.2, -0.15) is 0 Å². The highest BCUT2D eigenvalue weighted by atomic mass is 32.1. The Hall–Kier alpha value is -2.61. The molecule has 1 aliphatic rings. The van der Waals surface area contributed by atoms with Crippen LogP contribution in [0.25, 0.3) is 0 Å². The van der Waals surface area contributed by atoms with Gasteiger partial charge >= 0.3 is 6.03 Å². The predicted molar refractivity (Wildman–Crippen MR) is 110 cm³/mol. The smallest absolute Gasteiger partial charge is 0.321 e. The molecule has 1 aromatic heterocycles. The summed E-state index contributed by atoms with van der Waals surface area (Å²) in [5.41, 5.74) is 3.36. The molecule has 0 atom stereocenters. The number of hydrogen-bond acceptors (Lipinski definition) is 5. The van der Waals surface area contributed by atoms with Crippen molar-refractivity contribution in [1.82, 2.24) is 9.88 Å². The number of carbonyl (C=O) groups excluding carboxylic acids is 2. The van der Waals surface area contributed by atoms with Crippen molar-refractivity contribution in [1.29, 1.82) is 0 Å². The zero-order chi connectivity index (χ0) is 19.4. The van der Waals surface area contributed by atoms with Crippen LogP contribution >= 0.6 is 11.3 Å². The minimum Gasteiger partial charge on any atom is -0.346 e. The highest BCUT2D eigenvalue weighted by molar-refractivity contribution is 7.13. The van der Waals surface area contributed by atoms with Crippen molar-refractivity contribution in [2.75, 3.05) is 41.7 Å².